The maximum atomic E-state index is 12.9. The third-order valence-corrected chi connectivity index (χ3v) is 5.93. The number of amides is 2. The molecule has 0 aromatic carbocycles. The topological polar surface area (TPSA) is 71.3 Å². The fraction of sp³-hybridized carbons (Fsp3) is 0.824. The molecule has 126 valence electrons. The monoisotopic (exact) mass is 318 g/mol. The van der Waals surface area contributed by atoms with Crippen LogP contribution in [0.2, 0.25) is 0 Å². The summed E-state index contributed by atoms with van der Waals surface area (Å²) < 4.78 is 5.06. The molecule has 6 heteroatoms. The Kier molecular flexibility index (Phi) is 3.77. The van der Waals surface area contributed by atoms with Gasteiger partial charge in [-0.1, -0.05) is 12.1 Å². The summed E-state index contributed by atoms with van der Waals surface area (Å²) in [7, 11) is 0. The normalized spacial score (nSPS) is 33.6. The number of hydrogen-bond donors (Lipinski definition) is 1. The molecule has 1 aromatic heterocycles. The quantitative estimate of drug-likeness (QED) is 0.930. The molecule has 4 bridgehead atoms. The summed E-state index contributed by atoms with van der Waals surface area (Å²) in [6.45, 7) is 4.73. The van der Waals surface area contributed by atoms with E-state index in [0.29, 0.717) is 23.7 Å². The average Bonchev–Trinajstić information content (AvgIpc) is 2.85. The highest BCUT2D eigenvalue weighted by Gasteiger charge is 2.44. The third kappa shape index (κ3) is 2.83. The molecule has 1 N–H and O–H groups in total. The van der Waals surface area contributed by atoms with E-state index in [1.54, 1.807) is 6.92 Å². The molecule has 0 spiro atoms. The minimum atomic E-state index is -0.169. The van der Waals surface area contributed by atoms with E-state index in [0.717, 1.165) is 24.8 Å². The number of fused-ring (bicyclic) bond motifs is 1. The molecule has 2 aliphatic heterocycles. The second-order valence-corrected chi connectivity index (χ2v) is 7.66. The van der Waals surface area contributed by atoms with Gasteiger partial charge in [0.25, 0.3) is 0 Å². The number of rotatable bonds is 3. The molecule has 23 heavy (non-hydrogen) atoms. The van der Waals surface area contributed by atoms with Crippen molar-refractivity contribution in [1.29, 1.82) is 0 Å². The zero-order valence-corrected chi connectivity index (χ0v) is 14.0. The SMILES string of the molecule is CC[C@@H](NC(=O)N1CC2C[C@@H]3CC1C[C@H](C2)C3)c1noc(C)n1. The molecule has 6 nitrogen and oxygen atoms in total. The van der Waals surface area contributed by atoms with Crippen molar-refractivity contribution in [3.63, 3.8) is 0 Å². The van der Waals surface area contributed by atoms with Gasteiger partial charge in [0.05, 0.1) is 6.04 Å². The maximum Gasteiger partial charge on any atom is 0.318 e. The number of carbonyl (C=O) groups excluding carboxylic acids is 1. The Morgan fingerprint density at radius 3 is 2.57 bits per heavy atom. The van der Waals surface area contributed by atoms with Crippen molar-refractivity contribution in [1.82, 2.24) is 20.4 Å². The van der Waals surface area contributed by atoms with Gasteiger partial charge >= 0.3 is 6.03 Å². The minimum Gasteiger partial charge on any atom is -0.340 e. The number of aryl methyl sites for hydroxylation is 1. The van der Waals surface area contributed by atoms with Gasteiger partial charge in [-0.05, 0) is 56.3 Å². The Bertz CT molecular complexity index is 573. The molecular formula is C17H26N4O2. The van der Waals surface area contributed by atoms with E-state index >= 15 is 0 Å². The Labute approximate surface area is 137 Å². The van der Waals surface area contributed by atoms with E-state index in [-0.39, 0.29) is 12.1 Å². The van der Waals surface area contributed by atoms with Crippen molar-refractivity contribution in [2.45, 2.75) is 64.5 Å². The van der Waals surface area contributed by atoms with E-state index in [4.69, 9.17) is 4.52 Å². The number of nitrogens with zero attached hydrogens (tertiary/aromatic N) is 3. The molecule has 2 unspecified atom stereocenters. The Hall–Kier alpha value is -1.59. The molecule has 2 aliphatic carbocycles. The van der Waals surface area contributed by atoms with Gasteiger partial charge in [0.1, 0.15) is 0 Å². The molecule has 2 saturated heterocycles. The molecule has 5 rings (SSSR count). The Morgan fingerprint density at radius 1 is 1.26 bits per heavy atom. The third-order valence-electron chi connectivity index (χ3n) is 5.93. The van der Waals surface area contributed by atoms with E-state index in [1.165, 1.54) is 32.1 Å². The Balaban J connectivity index is 1.48. The number of urea groups is 1. The largest absolute Gasteiger partial charge is 0.340 e. The van der Waals surface area contributed by atoms with Gasteiger partial charge in [-0.25, -0.2) is 4.79 Å². The lowest BCUT2D eigenvalue weighted by atomic mass is 9.68. The van der Waals surface area contributed by atoms with Crippen LogP contribution in [0.4, 0.5) is 4.79 Å². The highest BCUT2D eigenvalue weighted by atomic mass is 16.5. The summed E-state index contributed by atoms with van der Waals surface area (Å²) in [5, 5.41) is 7.11. The van der Waals surface area contributed by atoms with Crippen LogP contribution in [0, 0.1) is 24.7 Å². The summed E-state index contributed by atoms with van der Waals surface area (Å²) in [5.41, 5.74) is 0. The van der Waals surface area contributed by atoms with E-state index in [2.05, 4.69) is 20.4 Å². The number of aromatic nitrogens is 2. The summed E-state index contributed by atoms with van der Waals surface area (Å²) in [4.78, 5) is 19.3. The van der Waals surface area contributed by atoms with E-state index < -0.39 is 0 Å². The fourth-order valence-corrected chi connectivity index (χ4v) is 5.07. The van der Waals surface area contributed by atoms with Gasteiger partial charge in [0.15, 0.2) is 5.82 Å². The van der Waals surface area contributed by atoms with Crippen molar-refractivity contribution in [3.8, 4) is 0 Å². The first-order chi connectivity index (χ1) is 11.1. The van der Waals surface area contributed by atoms with Gasteiger partial charge in [-0.15, -0.1) is 0 Å². The van der Waals surface area contributed by atoms with E-state index in [9.17, 15) is 4.79 Å². The van der Waals surface area contributed by atoms with Gasteiger partial charge in [0.2, 0.25) is 5.89 Å². The van der Waals surface area contributed by atoms with Crippen molar-refractivity contribution < 1.29 is 9.32 Å². The number of nitrogens with one attached hydrogen (secondary N) is 1. The lowest BCUT2D eigenvalue weighted by Crippen LogP contribution is -2.48. The number of hydrogen-bond acceptors (Lipinski definition) is 4. The summed E-state index contributed by atoms with van der Waals surface area (Å²) in [6.07, 6.45) is 7.17. The van der Waals surface area contributed by atoms with Crippen LogP contribution >= 0.6 is 0 Å². The Morgan fingerprint density at radius 2 is 1.96 bits per heavy atom. The maximum absolute atomic E-state index is 12.9. The molecular weight excluding hydrogens is 292 g/mol. The zero-order chi connectivity index (χ0) is 16.0. The van der Waals surface area contributed by atoms with Crippen molar-refractivity contribution in [3.05, 3.63) is 11.7 Å². The van der Waals surface area contributed by atoms with Gasteiger partial charge in [-0.2, -0.15) is 4.98 Å². The number of carbonyl (C=O) groups is 1. The highest BCUT2D eigenvalue weighted by molar-refractivity contribution is 5.75. The predicted molar refractivity (Wildman–Crippen MR) is 84.6 cm³/mol. The summed E-state index contributed by atoms with van der Waals surface area (Å²) >= 11 is 0. The molecule has 1 aromatic rings. The first-order valence-electron chi connectivity index (χ1n) is 8.99. The molecule has 2 amide bonds. The zero-order valence-electron chi connectivity index (χ0n) is 14.0. The molecule has 4 aliphatic rings. The van der Waals surface area contributed by atoms with Crippen LogP contribution in [0.25, 0.3) is 0 Å². The fourth-order valence-electron chi connectivity index (χ4n) is 5.07. The predicted octanol–water partition coefficient (Wildman–Crippen LogP) is 3.05. The molecule has 3 heterocycles. The highest BCUT2D eigenvalue weighted by Crippen LogP contribution is 2.47. The van der Waals surface area contributed by atoms with Crippen LogP contribution in [0.15, 0.2) is 4.52 Å². The van der Waals surface area contributed by atoms with Crippen LogP contribution in [0.3, 0.4) is 0 Å². The van der Waals surface area contributed by atoms with Crippen LogP contribution in [0.1, 0.15) is 63.2 Å². The molecule has 5 atom stereocenters. The second kappa shape index (κ2) is 5.80. The van der Waals surface area contributed by atoms with Gasteiger partial charge in [0, 0.05) is 19.5 Å². The first kappa shape index (κ1) is 15.0. The summed E-state index contributed by atoms with van der Waals surface area (Å²) in [5.74, 6) is 3.51. The van der Waals surface area contributed by atoms with Crippen molar-refractivity contribution in [2.24, 2.45) is 17.8 Å². The van der Waals surface area contributed by atoms with Crippen LogP contribution in [-0.4, -0.2) is 33.7 Å². The van der Waals surface area contributed by atoms with Crippen LogP contribution < -0.4 is 5.32 Å². The van der Waals surface area contributed by atoms with Crippen molar-refractivity contribution in [2.75, 3.05) is 6.54 Å². The lowest BCUT2D eigenvalue weighted by molar-refractivity contribution is 0.130. The van der Waals surface area contributed by atoms with Crippen molar-refractivity contribution >= 4 is 6.03 Å². The lowest BCUT2D eigenvalue weighted by Gasteiger charge is -2.39. The first-order valence-corrected chi connectivity index (χ1v) is 8.99. The molecule has 2 saturated carbocycles. The smallest absolute Gasteiger partial charge is 0.318 e. The molecule has 4 fully saturated rings. The van der Waals surface area contributed by atoms with Gasteiger partial charge in [-0.3, -0.25) is 0 Å². The minimum absolute atomic E-state index is 0.0532. The average molecular weight is 318 g/mol. The van der Waals surface area contributed by atoms with Crippen LogP contribution in [0.5, 0.6) is 0 Å². The van der Waals surface area contributed by atoms with E-state index in [1.807, 2.05) is 6.92 Å². The van der Waals surface area contributed by atoms with Crippen LogP contribution in [-0.2, 0) is 0 Å². The van der Waals surface area contributed by atoms with Gasteiger partial charge < -0.3 is 14.7 Å². The summed E-state index contributed by atoms with van der Waals surface area (Å²) in [6, 6.07) is 0.311. The second-order valence-electron chi connectivity index (χ2n) is 7.66. The standard InChI is InChI=1S/C17H26N4O2/c1-3-15(16-18-10(2)23-20-16)19-17(22)21-9-13-5-11-4-12(6-13)8-14(21)7-11/h11-15H,3-9H2,1-2H3,(H,19,22)/t11-,12+,13?,14?,15-/m1/s1. The molecule has 0 radical (unpaired) electrons.